The molecule has 0 spiro atoms. The van der Waals surface area contributed by atoms with Crippen LogP contribution in [0.4, 0.5) is 46.8 Å². The van der Waals surface area contributed by atoms with Crippen LogP contribution in [-0.4, -0.2) is 52.2 Å². The van der Waals surface area contributed by atoms with E-state index in [4.69, 9.17) is 21.5 Å². The summed E-state index contributed by atoms with van der Waals surface area (Å²) in [6.07, 6.45) is -1.93. The number of amides is 2. The molecule has 6 bridgehead atoms. The van der Waals surface area contributed by atoms with Crippen LogP contribution >= 0.6 is 11.6 Å². The molecule has 9 nitrogen and oxygen atoms in total. The van der Waals surface area contributed by atoms with Gasteiger partial charge in [-0.2, -0.15) is 18.2 Å². The Morgan fingerprint density at radius 3 is 2.44 bits per heavy atom. The number of carboxylic acids is 1. The van der Waals surface area contributed by atoms with E-state index in [-0.39, 0.29) is 6.03 Å². The molecule has 0 aliphatic carbocycles. The van der Waals surface area contributed by atoms with Crippen molar-refractivity contribution in [2.75, 3.05) is 30.0 Å². The predicted octanol–water partition coefficient (Wildman–Crippen LogP) is 5.44. The highest BCUT2D eigenvalue weighted by Gasteiger charge is 2.38. The molecule has 0 fully saturated rings. The first kappa shape index (κ1) is 26.5. The van der Waals surface area contributed by atoms with Crippen molar-refractivity contribution in [3.63, 3.8) is 0 Å². The third-order valence-electron chi connectivity index (χ3n) is 4.87. The minimum Gasteiger partial charge on any atom is -0.475 e. The summed E-state index contributed by atoms with van der Waals surface area (Å²) < 4.78 is 31.7. The van der Waals surface area contributed by atoms with Gasteiger partial charge in [0.25, 0.3) is 0 Å². The Hall–Kier alpha value is -4.06. The first-order valence-corrected chi connectivity index (χ1v) is 10.9. The number of urea groups is 1. The lowest BCUT2D eigenvalue weighted by Crippen LogP contribution is -2.27. The SMILES string of the molecule is CN(C)C(=O)Nc1ccc2cc1CCc1cccc(c1)Nc1ncc(Cl)c(n1)N2.O=C(O)C(F)(F)F. The second-order valence-corrected chi connectivity index (χ2v) is 8.25. The maximum absolute atomic E-state index is 12.2. The Morgan fingerprint density at radius 1 is 1.08 bits per heavy atom. The van der Waals surface area contributed by atoms with E-state index < -0.39 is 12.1 Å². The number of carbonyl (C=O) groups is 2. The highest BCUT2D eigenvalue weighted by molar-refractivity contribution is 6.32. The number of carboxylic acid groups (broad SMARTS) is 1. The molecule has 3 aromatic rings. The summed E-state index contributed by atoms with van der Waals surface area (Å²) in [6, 6.07) is 13.8. The Labute approximate surface area is 209 Å². The molecule has 0 atom stereocenters. The minimum absolute atomic E-state index is 0.167. The molecule has 1 aliphatic rings. The standard InChI is InChI=1S/C21H21ClN6O.C2HF3O2/c1-28(2)21(29)26-18-9-8-16-11-14(18)7-6-13-4-3-5-15(10-13)25-20-23-12-17(22)19(24-16)27-20;3-2(4,5)1(6)7/h3-5,8-12H,6-7H2,1-2H3,(H,26,29)(H2,23,24,25,27);(H,6,7). The van der Waals surface area contributed by atoms with E-state index >= 15 is 0 Å². The molecule has 2 aromatic carbocycles. The number of alkyl halides is 3. The van der Waals surface area contributed by atoms with E-state index in [0.717, 1.165) is 35.5 Å². The summed E-state index contributed by atoms with van der Waals surface area (Å²) in [5.41, 5.74) is 4.72. The van der Waals surface area contributed by atoms with Crippen LogP contribution in [0.2, 0.25) is 5.02 Å². The summed E-state index contributed by atoms with van der Waals surface area (Å²) in [4.78, 5) is 31.3. The van der Waals surface area contributed by atoms with E-state index in [1.807, 2.05) is 30.3 Å². The molecule has 36 heavy (non-hydrogen) atoms. The molecule has 1 aromatic heterocycles. The zero-order valence-electron chi connectivity index (χ0n) is 19.2. The van der Waals surface area contributed by atoms with Crippen molar-refractivity contribution in [2.24, 2.45) is 0 Å². The van der Waals surface area contributed by atoms with E-state index in [0.29, 0.717) is 16.8 Å². The van der Waals surface area contributed by atoms with Crippen LogP contribution in [-0.2, 0) is 17.6 Å². The number of hydrogen-bond donors (Lipinski definition) is 4. The molecule has 1 aliphatic heterocycles. The van der Waals surface area contributed by atoms with Crippen LogP contribution in [0.5, 0.6) is 0 Å². The van der Waals surface area contributed by atoms with Gasteiger partial charge in [0.2, 0.25) is 5.95 Å². The third-order valence-corrected chi connectivity index (χ3v) is 5.15. The van der Waals surface area contributed by atoms with E-state index in [1.165, 1.54) is 10.5 Å². The van der Waals surface area contributed by atoms with Crippen LogP contribution in [0.15, 0.2) is 48.7 Å². The Kier molecular flexibility index (Phi) is 8.20. The zero-order chi connectivity index (χ0) is 26.5. The first-order chi connectivity index (χ1) is 16.9. The van der Waals surface area contributed by atoms with Gasteiger partial charge in [0, 0.05) is 31.2 Å². The molecule has 4 N–H and O–H groups in total. The summed E-state index contributed by atoms with van der Waals surface area (Å²) in [7, 11) is 3.43. The number of fused-ring (bicyclic) bond motifs is 6. The molecule has 4 rings (SSSR count). The van der Waals surface area contributed by atoms with Gasteiger partial charge in [0.05, 0.1) is 6.20 Å². The van der Waals surface area contributed by atoms with Crippen molar-refractivity contribution < 1.29 is 27.9 Å². The molecule has 0 saturated carbocycles. The van der Waals surface area contributed by atoms with Crippen molar-refractivity contribution in [1.82, 2.24) is 14.9 Å². The zero-order valence-corrected chi connectivity index (χ0v) is 19.9. The molecule has 0 saturated heterocycles. The van der Waals surface area contributed by atoms with Gasteiger partial charge in [-0.15, -0.1) is 0 Å². The lowest BCUT2D eigenvalue weighted by Gasteiger charge is -2.17. The van der Waals surface area contributed by atoms with Crippen LogP contribution in [0.25, 0.3) is 0 Å². The number of benzene rings is 2. The van der Waals surface area contributed by atoms with Crippen LogP contribution in [0, 0.1) is 0 Å². The molecule has 0 radical (unpaired) electrons. The van der Waals surface area contributed by atoms with Gasteiger partial charge < -0.3 is 26.0 Å². The van der Waals surface area contributed by atoms with Gasteiger partial charge in [-0.05, 0) is 54.3 Å². The summed E-state index contributed by atoms with van der Waals surface area (Å²) >= 11 is 6.29. The van der Waals surface area contributed by atoms with Gasteiger partial charge in [0.15, 0.2) is 5.82 Å². The quantitative estimate of drug-likeness (QED) is 0.336. The van der Waals surface area contributed by atoms with E-state index in [9.17, 15) is 18.0 Å². The minimum atomic E-state index is -5.08. The molecule has 2 heterocycles. The van der Waals surface area contributed by atoms with Gasteiger partial charge in [-0.1, -0.05) is 23.7 Å². The molecule has 0 unspecified atom stereocenters. The number of hydrogen-bond acceptors (Lipinski definition) is 6. The van der Waals surface area contributed by atoms with Crippen molar-refractivity contribution in [1.29, 1.82) is 0 Å². The predicted molar refractivity (Wildman–Crippen MR) is 130 cm³/mol. The average Bonchev–Trinajstić information content (AvgIpc) is 2.81. The second kappa shape index (κ2) is 11.1. The largest absolute Gasteiger partial charge is 0.490 e. The fraction of sp³-hybridized carbons (Fsp3) is 0.217. The number of aromatic nitrogens is 2. The lowest BCUT2D eigenvalue weighted by atomic mass is 10.0. The molecule has 13 heteroatoms. The molecular formula is C23H22ClF3N6O3. The average molecular weight is 523 g/mol. The third kappa shape index (κ3) is 7.22. The molecular weight excluding hydrogens is 501 g/mol. The number of aliphatic carboxylic acids is 1. The molecule has 2 amide bonds. The van der Waals surface area contributed by atoms with Gasteiger partial charge in [-0.25, -0.2) is 14.6 Å². The van der Waals surface area contributed by atoms with E-state index in [2.05, 4.69) is 38.1 Å². The topological polar surface area (TPSA) is 119 Å². The number of anilines is 5. The molecule has 190 valence electrons. The fourth-order valence-electron chi connectivity index (χ4n) is 3.09. The maximum atomic E-state index is 12.2. The summed E-state index contributed by atoms with van der Waals surface area (Å²) in [5, 5.41) is 17.0. The van der Waals surface area contributed by atoms with Crippen LogP contribution in [0.1, 0.15) is 11.1 Å². The number of carbonyl (C=O) groups excluding carboxylic acids is 1. The van der Waals surface area contributed by atoms with E-state index in [1.54, 1.807) is 20.3 Å². The van der Waals surface area contributed by atoms with Gasteiger partial charge in [0.1, 0.15) is 5.02 Å². The fourth-order valence-corrected chi connectivity index (χ4v) is 3.23. The van der Waals surface area contributed by atoms with Crippen molar-refractivity contribution in [3.05, 3.63) is 64.8 Å². The van der Waals surface area contributed by atoms with Crippen LogP contribution < -0.4 is 16.0 Å². The van der Waals surface area contributed by atoms with Gasteiger partial charge >= 0.3 is 18.2 Å². The number of nitrogens with zero attached hydrogens (tertiary/aromatic N) is 3. The summed E-state index contributed by atoms with van der Waals surface area (Å²) in [6.45, 7) is 0. The summed E-state index contributed by atoms with van der Waals surface area (Å²) in [5.74, 6) is -1.79. The highest BCUT2D eigenvalue weighted by atomic mass is 35.5. The highest BCUT2D eigenvalue weighted by Crippen LogP contribution is 2.29. The normalized spacial score (nSPS) is 12.2. The van der Waals surface area contributed by atoms with Crippen molar-refractivity contribution >= 4 is 52.4 Å². The Morgan fingerprint density at radius 2 is 1.78 bits per heavy atom. The number of aryl methyl sites for hydroxylation is 2. The van der Waals surface area contributed by atoms with Gasteiger partial charge in [-0.3, -0.25) is 0 Å². The van der Waals surface area contributed by atoms with Crippen molar-refractivity contribution in [2.45, 2.75) is 19.0 Å². The maximum Gasteiger partial charge on any atom is 0.490 e. The number of halogens is 4. The monoisotopic (exact) mass is 522 g/mol. The van der Waals surface area contributed by atoms with Crippen molar-refractivity contribution in [3.8, 4) is 0 Å². The second-order valence-electron chi connectivity index (χ2n) is 7.84. The number of rotatable bonds is 1. The van der Waals surface area contributed by atoms with Crippen LogP contribution in [0.3, 0.4) is 0 Å². The smallest absolute Gasteiger partial charge is 0.475 e. The lowest BCUT2D eigenvalue weighted by molar-refractivity contribution is -0.192. The number of nitrogens with one attached hydrogen (secondary N) is 3. The Bertz CT molecular complexity index is 1270. The Balaban J connectivity index is 0.000000454. The first-order valence-electron chi connectivity index (χ1n) is 10.5.